The third-order valence-electron chi connectivity index (χ3n) is 6.33. The molecular weight excluding hydrogens is 485 g/mol. The van der Waals surface area contributed by atoms with Crippen LogP contribution in [-0.4, -0.2) is 49.0 Å². The normalized spacial score (nSPS) is 16.4. The highest BCUT2D eigenvalue weighted by Gasteiger charge is 2.24. The molecule has 3 aromatic carbocycles. The number of likely N-dealkylation sites (tertiary alicyclic amines) is 1. The standard InChI is InChI=1S/C30H34FN3O4/c1-22-6-5-17-34(18-22)19-29(35)33-28(21-37-20-23-7-3-2-4-8-23)30(36)32-25-11-15-27(16-12-25)38-26-13-9-24(31)10-14-26/h2-4,7-16,22,28H,5-6,17-21H2,1H3,(H,32,36)(H,33,35)/t22?,28-/m0/s1. The first-order valence-corrected chi connectivity index (χ1v) is 12.9. The van der Waals surface area contributed by atoms with E-state index < -0.39 is 6.04 Å². The van der Waals surface area contributed by atoms with E-state index in [9.17, 15) is 14.0 Å². The molecule has 0 aromatic heterocycles. The summed E-state index contributed by atoms with van der Waals surface area (Å²) in [5, 5.41) is 5.71. The molecule has 7 nitrogen and oxygen atoms in total. The highest BCUT2D eigenvalue weighted by Crippen LogP contribution is 2.23. The Morgan fingerprint density at radius 2 is 1.68 bits per heavy atom. The molecule has 2 N–H and O–H groups in total. The van der Waals surface area contributed by atoms with Crippen LogP contribution in [0, 0.1) is 11.7 Å². The molecule has 3 aromatic rings. The second-order valence-corrected chi connectivity index (χ2v) is 9.67. The van der Waals surface area contributed by atoms with Crippen molar-refractivity contribution < 1.29 is 23.5 Å². The van der Waals surface area contributed by atoms with Gasteiger partial charge in [0.1, 0.15) is 23.4 Å². The number of nitrogens with one attached hydrogen (secondary N) is 2. The van der Waals surface area contributed by atoms with Gasteiger partial charge in [-0.05, 0) is 79.4 Å². The van der Waals surface area contributed by atoms with Gasteiger partial charge in [0.25, 0.3) is 0 Å². The molecule has 0 aliphatic carbocycles. The van der Waals surface area contributed by atoms with Gasteiger partial charge < -0.3 is 20.1 Å². The van der Waals surface area contributed by atoms with Crippen LogP contribution in [-0.2, 0) is 20.9 Å². The van der Waals surface area contributed by atoms with Gasteiger partial charge in [0.05, 0.1) is 19.8 Å². The Labute approximate surface area is 222 Å². The number of hydrogen-bond acceptors (Lipinski definition) is 5. The van der Waals surface area contributed by atoms with Crippen molar-refractivity contribution in [3.05, 3.63) is 90.2 Å². The molecule has 200 valence electrons. The number of carbonyl (C=O) groups excluding carboxylic acids is 2. The number of halogens is 1. The summed E-state index contributed by atoms with van der Waals surface area (Å²) in [4.78, 5) is 28.1. The molecule has 1 fully saturated rings. The molecule has 0 spiro atoms. The van der Waals surface area contributed by atoms with E-state index in [1.54, 1.807) is 24.3 Å². The molecule has 1 unspecified atom stereocenters. The van der Waals surface area contributed by atoms with E-state index in [-0.39, 0.29) is 30.8 Å². The molecule has 8 heteroatoms. The quantitative estimate of drug-likeness (QED) is 0.373. The van der Waals surface area contributed by atoms with Crippen molar-refractivity contribution in [1.82, 2.24) is 10.2 Å². The van der Waals surface area contributed by atoms with Gasteiger partial charge in [-0.2, -0.15) is 0 Å². The molecular formula is C30H34FN3O4. The molecule has 2 amide bonds. The predicted octanol–water partition coefficient (Wildman–Crippen LogP) is 4.99. The van der Waals surface area contributed by atoms with Crippen LogP contribution in [0.4, 0.5) is 10.1 Å². The summed E-state index contributed by atoms with van der Waals surface area (Å²) in [6.07, 6.45) is 2.24. The maximum atomic E-state index is 13.2. The molecule has 1 heterocycles. The first-order valence-electron chi connectivity index (χ1n) is 12.9. The molecule has 0 bridgehead atoms. The SMILES string of the molecule is CC1CCCN(CC(=O)N[C@@H](COCc2ccccc2)C(=O)Nc2ccc(Oc3ccc(F)cc3)cc2)C1. The fourth-order valence-electron chi connectivity index (χ4n) is 4.40. The maximum absolute atomic E-state index is 13.2. The number of benzene rings is 3. The lowest BCUT2D eigenvalue weighted by Crippen LogP contribution is -2.50. The van der Waals surface area contributed by atoms with Crippen LogP contribution in [0.25, 0.3) is 0 Å². The minimum atomic E-state index is -0.858. The molecule has 0 radical (unpaired) electrons. The summed E-state index contributed by atoms with van der Waals surface area (Å²) in [7, 11) is 0. The van der Waals surface area contributed by atoms with Crippen molar-refractivity contribution in [2.24, 2.45) is 5.92 Å². The maximum Gasteiger partial charge on any atom is 0.249 e. The Kier molecular flexibility index (Phi) is 9.84. The van der Waals surface area contributed by atoms with Gasteiger partial charge in [-0.25, -0.2) is 4.39 Å². The number of carbonyl (C=O) groups is 2. The fourth-order valence-corrected chi connectivity index (χ4v) is 4.40. The van der Waals surface area contributed by atoms with Gasteiger partial charge in [-0.15, -0.1) is 0 Å². The van der Waals surface area contributed by atoms with E-state index in [0.29, 0.717) is 29.7 Å². The smallest absolute Gasteiger partial charge is 0.249 e. The molecule has 0 saturated carbocycles. The van der Waals surface area contributed by atoms with Crippen LogP contribution in [0.2, 0.25) is 0 Å². The van der Waals surface area contributed by atoms with Crippen LogP contribution >= 0.6 is 0 Å². The van der Waals surface area contributed by atoms with Crippen molar-refractivity contribution >= 4 is 17.5 Å². The van der Waals surface area contributed by atoms with E-state index >= 15 is 0 Å². The minimum absolute atomic E-state index is 0.0363. The Morgan fingerprint density at radius 3 is 2.37 bits per heavy atom. The van der Waals surface area contributed by atoms with Gasteiger partial charge in [0, 0.05) is 12.2 Å². The van der Waals surface area contributed by atoms with E-state index in [2.05, 4.69) is 22.5 Å². The number of rotatable bonds is 11. The van der Waals surface area contributed by atoms with Crippen molar-refractivity contribution in [2.75, 3.05) is 31.6 Å². The van der Waals surface area contributed by atoms with E-state index in [1.165, 1.54) is 30.7 Å². The Morgan fingerprint density at radius 1 is 1.00 bits per heavy atom. The van der Waals surface area contributed by atoms with Crippen LogP contribution in [0.3, 0.4) is 0 Å². The topological polar surface area (TPSA) is 79.9 Å². The molecule has 4 rings (SSSR count). The lowest BCUT2D eigenvalue weighted by atomic mass is 10.0. The first kappa shape index (κ1) is 27.3. The average Bonchev–Trinajstić information content (AvgIpc) is 2.91. The number of nitrogens with zero attached hydrogens (tertiary/aromatic N) is 1. The van der Waals surface area contributed by atoms with Gasteiger partial charge in [-0.1, -0.05) is 37.3 Å². The number of amides is 2. The van der Waals surface area contributed by atoms with E-state index in [1.807, 2.05) is 30.3 Å². The highest BCUT2D eigenvalue weighted by atomic mass is 19.1. The summed E-state index contributed by atoms with van der Waals surface area (Å²) >= 11 is 0. The summed E-state index contributed by atoms with van der Waals surface area (Å²) in [5.41, 5.74) is 1.53. The second-order valence-electron chi connectivity index (χ2n) is 9.67. The number of ether oxygens (including phenoxy) is 2. The zero-order valence-electron chi connectivity index (χ0n) is 21.6. The third-order valence-corrected chi connectivity index (χ3v) is 6.33. The minimum Gasteiger partial charge on any atom is -0.457 e. The zero-order chi connectivity index (χ0) is 26.7. The fraction of sp³-hybridized carbons (Fsp3) is 0.333. The predicted molar refractivity (Wildman–Crippen MR) is 144 cm³/mol. The van der Waals surface area contributed by atoms with Gasteiger partial charge in [0.2, 0.25) is 11.8 Å². The van der Waals surface area contributed by atoms with Gasteiger partial charge in [0.15, 0.2) is 0 Å². The second kappa shape index (κ2) is 13.7. The van der Waals surface area contributed by atoms with E-state index in [0.717, 1.165) is 25.1 Å². The molecule has 1 aliphatic heterocycles. The lowest BCUT2D eigenvalue weighted by Gasteiger charge is -2.30. The highest BCUT2D eigenvalue weighted by molar-refractivity contribution is 5.97. The van der Waals surface area contributed by atoms with Crippen molar-refractivity contribution in [2.45, 2.75) is 32.4 Å². The summed E-state index contributed by atoms with van der Waals surface area (Å²) in [6, 6.07) is 21.4. The van der Waals surface area contributed by atoms with Gasteiger partial charge in [-0.3, -0.25) is 14.5 Å². The lowest BCUT2D eigenvalue weighted by molar-refractivity contribution is -0.129. The van der Waals surface area contributed by atoms with Crippen LogP contribution < -0.4 is 15.4 Å². The number of hydrogen-bond donors (Lipinski definition) is 2. The molecule has 38 heavy (non-hydrogen) atoms. The average molecular weight is 520 g/mol. The van der Waals surface area contributed by atoms with Crippen LogP contribution in [0.15, 0.2) is 78.9 Å². The van der Waals surface area contributed by atoms with Crippen LogP contribution in [0.1, 0.15) is 25.3 Å². The summed E-state index contributed by atoms with van der Waals surface area (Å²) in [6.45, 7) is 4.57. The van der Waals surface area contributed by atoms with Crippen LogP contribution in [0.5, 0.6) is 11.5 Å². The molecule has 1 aliphatic rings. The van der Waals surface area contributed by atoms with Crippen molar-refractivity contribution in [3.63, 3.8) is 0 Å². The third kappa shape index (κ3) is 8.68. The van der Waals surface area contributed by atoms with E-state index in [4.69, 9.17) is 9.47 Å². The van der Waals surface area contributed by atoms with Gasteiger partial charge >= 0.3 is 0 Å². The Bertz CT molecular complexity index is 1170. The molecule has 1 saturated heterocycles. The zero-order valence-corrected chi connectivity index (χ0v) is 21.6. The number of anilines is 1. The summed E-state index contributed by atoms with van der Waals surface area (Å²) < 4.78 is 24.6. The molecule has 2 atom stereocenters. The Balaban J connectivity index is 1.35. The largest absolute Gasteiger partial charge is 0.457 e. The Hall–Kier alpha value is -3.75. The van der Waals surface area contributed by atoms with Crippen molar-refractivity contribution in [3.8, 4) is 11.5 Å². The van der Waals surface area contributed by atoms with Crippen molar-refractivity contribution in [1.29, 1.82) is 0 Å². The number of piperidine rings is 1. The summed E-state index contributed by atoms with van der Waals surface area (Å²) in [5.74, 6) is 0.692. The first-order chi connectivity index (χ1) is 18.4. The monoisotopic (exact) mass is 519 g/mol.